The summed E-state index contributed by atoms with van der Waals surface area (Å²) in [4.78, 5) is 8.67. The monoisotopic (exact) mass is 474 g/mol. The first kappa shape index (κ1) is 23.4. The first-order chi connectivity index (χ1) is 13.9. The molecule has 1 aliphatic carbocycles. The summed E-state index contributed by atoms with van der Waals surface area (Å²) in [5, 5.41) is 1.52. The van der Waals surface area contributed by atoms with Crippen LogP contribution in [-0.4, -0.2) is 40.7 Å². The van der Waals surface area contributed by atoms with Gasteiger partial charge in [0, 0.05) is 37.1 Å². The summed E-state index contributed by atoms with van der Waals surface area (Å²) in [6.45, 7) is 7.81. The minimum atomic E-state index is -3.05. The molecule has 0 bridgehead atoms. The fourth-order valence-electron chi connectivity index (χ4n) is 3.31. The minimum Gasteiger partial charge on any atom is -0.474 e. The second kappa shape index (κ2) is 8.68. The van der Waals surface area contributed by atoms with Crippen molar-refractivity contribution in [2.75, 3.05) is 6.26 Å². The van der Waals surface area contributed by atoms with Gasteiger partial charge in [-0.2, -0.15) is 0 Å². The van der Waals surface area contributed by atoms with Crippen molar-refractivity contribution >= 4 is 43.2 Å². The van der Waals surface area contributed by atoms with Gasteiger partial charge in [0.2, 0.25) is 5.88 Å². The molecule has 30 heavy (non-hydrogen) atoms. The lowest BCUT2D eigenvalue weighted by atomic mass is 9.95. The highest BCUT2D eigenvalue weighted by atomic mass is 35.5. The van der Waals surface area contributed by atoms with Gasteiger partial charge in [-0.1, -0.05) is 22.7 Å². The quantitative estimate of drug-likeness (QED) is 0.373. The van der Waals surface area contributed by atoms with Crippen LogP contribution in [0.3, 0.4) is 0 Å². The number of hydrogen-bond acceptors (Lipinski definition) is 6. The maximum absolute atomic E-state index is 12.7. The summed E-state index contributed by atoms with van der Waals surface area (Å²) in [7, 11) is -4.70. The topological polar surface area (TPSA) is 98.2 Å². The predicted molar refractivity (Wildman–Crippen MR) is 122 cm³/mol. The Bertz CT molecular complexity index is 1060. The van der Waals surface area contributed by atoms with Gasteiger partial charge in [0.25, 0.3) is 0 Å². The highest BCUT2D eigenvalue weighted by Crippen LogP contribution is 2.36. The van der Waals surface area contributed by atoms with Gasteiger partial charge >= 0.3 is 0 Å². The molecule has 0 amide bonds. The van der Waals surface area contributed by atoms with Crippen LogP contribution in [-0.2, 0) is 25.0 Å². The summed E-state index contributed by atoms with van der Waals surface area (Å²) in [5.74, 6) is 0.407. The summed E-state index contributed by atoms with van der Waals surface area (Å²) < 4.78 is 44.8. The van der Waals surface area contributed by atoms with Crippen molar-refractivity contribution in [1.29, 1.82) is 0 Å². The smallest absolute Gasteiger partial charge is 0.223 e. The van der Waals surface area contributed by atoms with E-state index in [9.17, 15) is 12.6 Å². The third kappa shape index (κ3) is 5.12. The fourth-order valence-corrected chi connectivity index (χ4v) is 5.59. The Morgan fingerprint density at radius 3 is 2.50 bits per heavy atom. The molecule has 0 radical (unpaired) electrons. The fraction of sp³-hybridized carbons (Fsp3) is 0.600. The van der Waals surface area contributed by atoms with Crippen LogP contribution in [0.15, 0.2) is 18.5 Å². The number of thiol groups is 1. The van der Waals surface area contributed by atoms with Gasteiger partial charge in [-0.3, -0.25) is 0 Å². The molecule has 3 rings (SSSR count). The summed E-state index contributed by atoms with van der Waals surface area (Å²) >= 11 is 6.17. The molecule has 0 spiro atoms. The molecule has 0 aromatic carbocycles. The van der Waals surface area contributed by atoms with Crippen LogP contribution in [0.1, 0.15) is 58.6 Å². The van der Waals surface area contributed by atoms with Crippen LogP contribution < -0.4 is 9.46 Å². The van der Waals surface area contributed by atoms with E-state index in [1.165, 1.54) is 6.26 Å². The Morgan fingerprint density at radius 1 is 1.27 bits per heavy atom. The zero-order chi connectivity index (χ0) is 22.3. The highest BCUT2D eigenvalue weighted by molar-refractivity contribution is 7.91. The number of nitrogens with zero attached hydrogens (tertiary/aromatic N) is 2. The van der Waals surface area contributed by atoms with Crippen molar-refractivity contribution in [2.24, 2.45) is 0 Å². The molecular formula is C20H29ClN3O4S2+. The van der Waals surface area contributed by atoms with E-state index in [0.717, 1.165) is 10.9 Å². The van der Waals surface area contributed by atoms with E-state index >= 15 is 0 Å². The molecule has 7 nitrogen and oxygen atoms in total. The molecule has 2 aromatic rings. The zero-order valence-electron chi connectivity index (χ0n) is 17.8. The maximum Gasteiger partial charge on any atom is 0.223 e. The number of rotatable bonds is 7. The highest BCUT2D eigenvalue weighted by Gasteiger charge is 2.38. The van der Waals surface area contributed by atoms with Crippen LogP contribution >= 0.6 is 11.6 Å². The number of pyridine rings is 2. The molecule has 2 heterocycles. The SMILES string of the molecule is CC[C@H](N[SH+](=O)C(C)(C)C)c1cnc(OC2CC(S(C)(=O)=O)C2)c2cnc(Cl)cc12. The van der Waals surface area contributed by atoms with E-state index in [2.05, 4.69) is 14.7 Å². The van der Waals surface area contributed by atoms with Crippen molar-refractivity contribution in [1.82, 2.24) is 14.7 Å². The number of hydrogen-bond donors (Lipinski definition) is 1. The molecule has 1 aliphatic rings. The standard InChI is InChI=1S/C20H28ClN3O4S2/c1-6-17(24-29(25)20(2,3)4)15-10-23-19(16-11-22-18(21)9-14(15)16)28-12-7-13(8-12)30(5,26)27/h9-13,17H,6-8H2,1-5H3,(H,24,25)/p+1/t12?,13?,17-,29?/m0/s1. The largest absolute Gasteiger partial charge is 0.474 e. The van der Waals surface area contributed by atoms with Gasteiger partial charge in [-0.15, -0.1) is 4.72 Å². The molecule has 10 heteroatoms. The number of sulfone groups is 1. The number of fused-ring (bicyclic) bond motifs is 1. The lowest BCUT2D eigenvalue weighted by Gasteiger charge is -2.33. The van der Waals surface area contributed by atoms with E-state index in [-0.39, 0.29) is 22.1 Å². The Morgan fingerprint density at radius 2 is 1.93 bits per heavy atom. The van der Waals surface area contributed by atoms with Gasteiger partial charge in [0.05, 0.1) is 16.7 Å². The van der Waals surface area contributed by atoms with E-state index in [1.807, 2.05) is 27.7 Å². The van der Waals surface area contributed by atoms with Crippen LogP contribution in [0.5, 0.6) is 5.88 Å². The average molecular weight is 475 g/mol. The third-order valence-electron chi connectivity index (χ3n) is 5.33. The molecule has 2 aromatic heterocycles. The van der Waals surface area contributed by atoms with Crippen molar-refractivity contribution in [3.8, 4) is 5.88 Å². The van der Waals surface area contributed by atoms with Crippen LogP contribution in [0.2, 0.25) is 5.15 Å². The van der Waals surface area contributed by atoms with Crippen molar-refractivity contribution in [2.45, 2.75) is 69.1 Å². The van der Waals surface area contributed by atoms with E-state index in [1.54, 1.807) is 18.5 Å². The number of nitrogens with one attached hydrogen (secondary N) is 1. The second-order valence-electron chi connectivity index (χ2n) is 8.79. The Balaban J connectivity index is 1.91. The molecule has 1 fully saturated rings. The zero-order valence-corrected chi connectivity index (χ0v) is 20.3. The van der Waals surface area contributed by atoms with Crippen LogP contribution in [0.25, 0.3) is 10.8 Å². The molecule has 0 aliphatic heterocycles. The molecule has 1 saturated carbocycles. The van der Waals surface area contributed by atoms with E-state index in [4.69, 9.17) is 16.3 Å². The predicted octanol–water partition coefficient (Wildman–Crippen LogP) is 3.69. The molecule has 2 atom stereocenters. The Labute approximate surface area is 185 Å². The molecule has 1 unspecified atom stereocenters. The summed E-state index contributed by atoms with van der Waals surface area (Å²) in [5.41, 5.74) is 0.874. The molecule has 166 valence electrons. The number of ether oxygens (including phenoxy) is 1. The lowest BCUT2D eigenvalue weighted by molar-refractivity contribution is 0.119. The van der Waals surface area contributed by atoms with E-state index < -0.39 is 20.8 Å². The molecular weight excluding hydrogens is 446 g/mol. The van der Waals surface area contributed by atoms with Gasteiger partial charge in [-0.05, 0) is 38.6 Å². The number of aromatic nitrogens is 2. The average Bonchev–Trinajstić information content (AvgIpc) is 2.60. The Kier molecular flexibility index (Phi) is 6.77. The number of halogens is 1. The van der Waals surface area contributed by atoms with Gasteiger partial charge in [0.15, 0.2) is 9.84 Å². The first-order valence-electron chi connectivity index (χ1n) is 9.93. The van der Waals surface area contributed by atoms with Crippen molar-refractivity contribution in [3.05, 3.63) is 29.2 Å². The lowest BCUT2D eigenvalue weighted by Crippen LogP contribution is -2.42. The Hall–Kier alpha value is -1.29. The van der Waals surface area contributed by atoms with E-state index in [0.29, 0.717) is 35.7 Å². The van der Waals surface area contributed by atoms with Crippen LogP contribution in [0.4, 0.5) is 0 Å². The maximum atomic E-state index is 12.7. The van der Waals surface area contributed by atoms with Crippen LogP contribution in [0, 0.1) is 0 Å². The molecule has 1 N–H and O–H groups in total. The van der Waals surface area contributed by atoms with Crippen molar-refractivity contribution < 1.29 is 17.4 Å². The second-order valence-corrected chi connectivity index (χ2v) is 13.7. The van der Waals surface area contributed by atoms with Gasteiger partial charge in [0.1, 0.15) is 27.0 Å². The summed E-state index contributed by atoms with van der Waals surface area (Å²) in [6.07, 6.45) is 6.01. The van der Waals surface area contributed by atoms with Crippen molar-refractivity contribution in [3.63, 3.8) is 0 Å². The normalized spacial score (nSPS) is 21.8. The van der Waals surface area contributed by atoms with Gasteiger partial charge in [-0.25, -0.2) is 18.4 Å². The summed E-state index contributed by atoms with van der Waals surface area (Å²) in [6, 6.07) is 1.59. The van der Waals surface area contributed by atoms with Gasteiger partial charge < -0.3 is 4.74 Å². The third-order valence-corrected chi connectivity index (χ3v) is 8.90. The first-order valence-corrected chi connectivity index (χ1v) is 13.5. The minimum absolute atomic E-state index is 0.173. The molecule has 0 saturated heterocycles.